The molecule has 0 saturated heterocycles. The van der Waals surface area contributed by atoms with Crippen molar-refractivity contribution in [2.45, 2.75) is 18.9 Å². The van der Waals surface area contributed by atoms with Crippen molar-refractivity contribution >= 4 is 29.1 Å². The minimum atomic E-state index is -0.292. The van der Waals surface area contributed by atoms with Gasteiger partial charge in [0, 0.05) is 12.6 Å². The molecule has 1 N–H and O–H groups in total. The number of carbonyl (C=O) groups is 1. The highest BCUT2D eigenvalue weighted by molar-refractivity contribution is 6.42. The van der Waals surface area contributed by atoms with Crippen LogP contribution in [0.2, 0.25) is 10.0 Å². The molecule has 0 aliphatic carbocycles. The lowest BCUT2D eigenvalue weighted by Crippen LogP contribution is -2.30. The third-order valence-corrected chi connectivity index (χ3v) is 4.93. The van der Waals surface area contributed by atoms with E-state index in [-0.39, 0.29) is 11.9 Å². The summed E-state index contributed by atoms with van der Waals surface area (Å²) < 4.78 is 0. The van der Waals surface area contributed by atoms with Crippen molar-refractivity contribution in [3.8, 4) is 0 Å². The van der Waals surface area contributed by atoms with Gasteiger partial charge in [-0.2, -0.15) is 0 Å². The second kappa shape index (κ2) is 8.84. The van der Waals surface area contributed by atoms with Crippen molar-refractivity contribution in [1.29, 1.82) is 0 Å². The summed E-state index contributed by atoms with van der Waals surface area (Å²) in [4.78, 5) is 17.0. The monoisotopic (exact) mass is 384 g/mol. The van der Waals surface area contributed by atoms with Crippen LogP contribution in [0.25, 0.3) is 0 Å². The molecule has 0 bridgehead atoms. The third kappa shape index (κ3) is 4.63. The Bertz CT molecular complexity index is 830. The van der Waals surface area contributed by atoms with E-state index >= 15 is 0 Å². The molecule has 1 atom stereocenters. The predicted molar refractivity (Wildman–Crippen MR) is 105 cm³/mol. The standard InChI is InChI=1S/C21H18Cl2N2O/c22-17-10-6-9-15(20(17)23)12-13-19(26)25-21(16-7-2-1-3-8-16)18-11-4-5-14-24-18/h1-11,14,21H,12-13H2,(H,25,26)/t21-/m0/s1. The van der Waals surface area contributed by atoms with Crippen LogP contribution in [0, 0.1) is 0 Å². The van der Waals surface area contributed by atoms with Gasteiger partial charge >= 0.3 is 0 Å². The van der Waals surface area contributed by atoms with Gasteiger partial charge in [0.15, 0.2) is 0 Å². The molecule has 3 rings (SSSR count). The van der Waals surface area contributed by atoms with Gasteiger partial charge in [0.25, 0.3) is 0 Å². The average Bonchev–Trinajstić information content (AvgIpc) is 2.68. The maximum absolute atomic E-state index is 12.6. The van der Waals surface area contributed by atoms with Gasteiger partial charge in [-0.3, -0.25) is 9.78 Å². The van der Waals surface area contributed by atoms with Crippen LogP contribution in [-0.4, -0.2) is 10.9 Å². The molecule has 0 aliphatic heterocycles. The number of benzene rings is 2. The van der Waals surface area contributed by atoms with E-state index in [1.54, 1.807) is 12.3 Å². The summed E-state index contributed by atoms with van der Waals surface area (Å²) in [5, 5.41) is 4.08. The van der Waals surface area contributed by atoms with E-state index in [1.165, 1.54) is 0 Å². The molecular weight excluding hydrogens is 367 g/mol. The quantitative estimate of drug-likeness (QED) is 0.632. The van der Waals surface area contributed by atoms with Crippen molar-refractivity contribution in [2.75, 3.05) is 0 Å². The molecular formula is C21H18Cl2N2O. The fourth-order valence-corrected chi connectivity index (χ4v) is 3.16. The number of nitrogens with zero attached hydrogens (tertiary/aromatic N) is 1. The third-order valence-electron chi connectivity index (χ3n) is 4.07. The predicted octanol–water partition coefficient (Wildman–Crippen LogP) is 5.23. The number of carbonyl (C=O) groups excluding carboxylic acids is 1. The number of nitrogens with one attached hydrogen (secondary N) is 1. The molecule has 0 aliphatic rings. The zero-order chi connectivity index (χ0) is 18.4. The van der Waals surface area contributed by atoms with E-state index < -0.39 is 0 Å². The maximum Gasteiger partial charge on any atom is 0.221 e. The number of hydrogen-bond acceptors (Lipinski definition) is 2. The SMILES string of the molecule is O=C(CCc1cccc(Cl)c1Cl)N[C@@H](c1ccccc1)c1ccccn1. The van der Waals surface area contributed by atoms with Crippen LogP contribution in [0.3, 0.4) is 0 Å². The molecule has 132 valence electrons. The summed E-state index contributed by atoms with van der Waals surface area (Å²) in [6, 6.07) is 20.6. The van der Waals surface area contributed by atoms with E-state index in [2.05, 4.69) is 10.3 Å². The van der Waals surface area contributed by atoms with Crippen LogP contribution in [0.15, 0.2) is 72.9 Å². The Balaban J connectivity index is 1.73. The van der Waals surface area contributed by atoms with Gasteiger partial charge in [-0.25, -0.2) is 0 Å². The fourth-order valence-electron chi connectivity index (χ4n) is 2.74. The molecule has 0 saturated carbocycles. The van der Waals surface area contributed by atoms with Gasteiger partial charge < -0.3 is 5.32 Å². The molecule has 0 unspecified atom stereocenters. The molecule has 5 heteroatoms. The van der Waals surface area contributed by atoms with Gasteiger partial charge in [0.1, 0.15) is 0 Å². The van der Waals surface area contributed by atoms with Crippen LogP contribution in [0.1, 0.15) is 29.3 Å². The Morgan fingerprint density at radius 2 is 1.73 bits per heavy atom. The molecule has 1 heterocycles. The Labute approximate surface area is 163 Å². The molecule has 0 radical (unpaired) electrons. The number of halogens is 2. The first-order chi connectivity index (χ1) is 12.6. The van der Waals surface area contributed by atoms with E-state index in [0.29, 0.717) is 22.9 Å². The first kappa shape index (κ1) is 18.4. The molecule has 2 aromatic carbocycles. The second-order valence-corrected chi connectivity index (χ2v) is 6.66. The van der Waals surface area contributed by atoms with Crippen LogP contribution in [-0.2, 0) is 11.2 Å². The van der Waals surface area contributed by atoms with Gasteiger partial charge in [-0.05, 0) is 35.7 Å². The Morgan fingerprint density at radius 3 is 2.46 bits per heavy atom. The zero-order valence-electron chi connectivity index (χ0n) is 14.0. The zero-order valence-corrected chi connectivity index (χ0v) is 15.5. The molecule has 3 aromatic rings. The molecule has 1 aromatic heterocycles. The minimum absolute atomic E-state index is 0.0689. The minimum Gasteiger partial charge on any atom is -0.344 e. The van der Waals surface area contributed by atoms with Crippen molar-refractivity contribution in [3.63, 3.8) is 0 Å². The maximum atomic E-state index is 12.6. The number of aromatic nitrogens is 1. The Kier molecular flexibility index (Phi) is 6.26. The number of pyridine rings is 1. The van der Waals surface area contributed by atoms with Crippen LogP contribution >= 0.6 is 23.2 Å². The molecule has 1 amide bonds. The van der Waals surface area contributed by atoms with Crippen molar-refractivity contribution in [2.24, 2.45) is 0 Å². The van der Waals surface area contributed by atoms with Crippen LogP contribution in [0.4, 0.5) is 0 Å². The lowest BCUT2D eigenvalue weighted by atomic mass is 10.0. The lowest BCUT2D eigenvalue weighted by molar-refractivity contribution is -0.121. The summed E-state index contributed by atoms with van der Waals surface area (Å²) in [6.07, 6.45) is 2.56. The Hall–Kier alpha value is -2.36. The lowest BCUT2D eigenvalue weighted by Gasteiger charge is -2.19. The highest BCUT2D eigenvalue weighted by Gasteiger charge is 2.18. The summed E-state index contributed by atoms with van der Waals surface area (Å²) in [5.74, 6) is -0.0689. The van der Waals surface area contributed by atoms with E-state index in [4.69, 9.17) is 23.2 Å². The number of rotatable bonds is 6. The normalized spacial score (nSPS) is 11.8. The number of amides is 1. The Morgan fingerprint density at radius 1 is 0.962 bits per heavy atom. The second-order valence-electron chi connectivity index (χ2n) is 5.88. The van der Waals surface area contributed by atoms with Gasteiger partial charge in [-0.1, -0.05) is 71.7 Å². The molecule has 26 heavy (non-hydrogen) atoms. The van der Waals surface area contributed by atoms with Crippen LogP contribution in [0.5, 0.6) is 0 Å². The first-order valence-electron chi connectivity index (χ1n) is 8.33. The van der Waals surface area contributed by atoms with Crippen molar-refractivity contribution < 1.29 is 4.79 Å². The van der Waals surface area contributed by atoms with Gasteiger partial charge in [0.2, 0.25) is 5.91 Å². The number of aryl methyl sites for hydroxylation is 1. The summed E-state index contributed by atoms with van der Waals surface area (Å²) >= 11 is 12.2. The van der Waals surface area contributed by atoms with Crippen LogP contribution < -0.4 is 5.32 Å². The largest absolute Gasteiger partial charge is 0.344 e. The highest BCUT2D eigenvalue weighted by Crippen LogP contribution is 2.26. The van der Waals surface area contributed by atoms with Gasteiger partial charge in [-0.15, -0.1) is 0 Å². The van der Waals surface area contributed by atoms with E-state index in [9.17, 15) is 4.79 Å². The molecule has 0 fully saturated rings. The van der Waals surface area contributed by atoms with E-state index in [0.717, 1.165) is 16.8 Å². The summed E-state index contributed by atoms with van der Waals surface area (Å²) in [7, 11) is 0. The molecule has 0 spiro atoms. The summed E-state index contributed by atoms with van der Waals surface area (Å²) in [5.41, 5.74) is 2.65. The van der Waals surface area contributed by atoms with E-state index in [1.807, 2.05) is 60.7 Å². The molecule has 3 nitrogen and oxygen atoms in total. The number of hydrogen-bond donors (Lipinski definition) is 1. The average molecular weight is 385 g/mol. The van der Waals surface area contributed by atoms with Gasteiger partial charge in [0.05, 0.1) is 21.8 Å². The van der Waals surface area contributed by atoms with Crippen molar-refractivity contribution in [3.05, 3.63) is 99.8 Å². The summed E-state index contributed by atoms with van der Waals surface area (Å²) in [6.45, 7) is 0. The smallest absolute Gasteiger partial charge is 0.221 e. The highest BCUT2D eigenvalue weighted by atomic mass is 35.5. The fraction of sp³-hybridized carbons (Fsp3) is 0.143. The first-order valence-corrected chi connectivity index (χ1v) is 9.09. The van der Waals surface area contributed by atoms with Crippen molar-refractivity contribution in [1.82, 2.24) is 10.3 Å². The topological polar surface area (TPSA) is 42.0 Å².